The fraction of sp³-hybridized carbons (Fsp3) is 0.692. The van der Waals surface area contributed by atoms with Crippen LogP contribution in [0.3, 0.4) is 0 Å². The number of hydrogen-bond acceptors (Lipinski definition) is 6. The molecule has 0 saturated carbocycles. The Balaban J connectivity index is 1.74. The summed E-state index contributed by atoms with van der Waals surface area (Å²) in [4.78, 5) is 26.2. The zero-order valence-electron chi connectivity index (χ0n) is 22.2. The molecule has 3 rings (SSSR count). The molecule has 1 aromatic carbocycles. The van der Waals surface area contributed by atoms with Crippen LogP contribution in [0.5, 0.6) is 0 Å². The first-order chi connectivity index (χ1) is 16.3. The van der Waals surface area contributed by atoms with E-state index in [4.69, 9.17) is 9.47 Å². The summed E-state index contributed by atoms with van der Waals surface area (Å²) in [5.41, 5.74) is -1.83. The Kier molecular flexibility index (Phi) is 8.51. The first kappa shape index (κ1) is 30.0. The summed E-state index contributed by atoms with van der Waals surface area (Å²) in [6.45, 7) is 14.9. The lowest BCUT2D eigenvalue weighted by Crippen LogP contribution is -2.60. The maximum atomic E-state index is 13.1. The Labute approximate surface area is 241 Å². The van der Waals surface area contributed by atoms with Gasteiger partial charge in [-0.2, -0.15) is 0 Å². The number of esters is 2. The van der Waals surface area contributed by atoms with Crippen molar-refractivity contribution in [3.63, 3.8) is 0 Å². The number of benzene rings is 1. The predicted molar refractivity (Wildman–Crippen MR) is 150 cm³/mol. The van der Waals surface area contributed by atoms with E-state index in [0.717, 1.165) is 10.1 Å². The Morgan fingerprint density at radius 2 is 0.917 bits per heavy atom. The number of ether oxygens (including phenoxy) is 2. The Hall–Kier alpha value is -0.540. The van der Waals surface area contributed by atoms with Crippen LogP contribution in [0.2, 0.25) is 0 Å². The molecule has 0 aromatic heterocycles. The summed E-state index contributed by atoms with van der Waals surface area (Å²) < 4.78 is 12.9. The van der Waals surface area contributed by atoms with Crippen LogP contribution in [0.4, 0.5) is 0 Å². The van der Waals surface area contributed by atoms with Crippen molar-refractivity contribution in [2.24, 2.45) is 0 Å². The smallest absolute Gasteiger partial charge is 0.339 e. The van der Waals surface area contributed by atoms with E-state index in [9.17, 15) is 20.0 Å². The number of piperidine rings is 2. The van der Waals surface area contributed by atoms with E-state index in [0.29, 0.717) is 44.0 Å². The number of hydrogen-bond donors (Lipinski definition) is 0. The van der Waals surface area contributed by atoms with Crippen LogP contribution >= 0.6 is 45.2 Å². The van der Waals surface area contributed by atoms with Crippen LogP contribution < -0.4 is 0 Å². The van der Waals surface area contributed by atoms with Gasteiger partial charge in [0.2, 0.25) is 0 Å². The fourth-order valence-electron chi connectivity index (χ4n) is 5.80. The van der Waals surface area contributed by atoms with E-state index in [1.54, 1.807) is 12.1 Å². The largest absolute Gasteiger partial charge is 0.459 e. The van der Waals surface area contributed by atoms with Crippen LogP contribution in [0, 0.1) is 7.14 Å². The molecular weight excluding hydrogens is 690 g/mol. The number of carbonyl (C=O) groups is 2. The van der Waals surface area contributed by atoms with Gasteiger partial charge in [-0.1, -0.05) is 0 Å². The van der Waals surface area contributed by atoms with Gasteiger partial charge in [-0.3, -0.25) is 0 Å². The Bertz CT molecular complexity index is 922. The Morgan fingerprint density at radius 3 is 1.17 bits per heavy atom. The van der Waals surface area contributed by atoms with E-state index in [2.05, 4.69) is 0 Å². The van der Waals surface area contributed by atoms with Crippen LogP contribution in [-0.4, -0.2) is 56.4 Å². The molecule has 2 saturated heterocycles. The van der Waals surface area contributed by atoms with Crippen molar-refractivity contribution >= 4 is 57.1 Å². The molecule has 1 aromatic rings. The molecule has 10 heteroatoms. The van der Waals surface area contributed by atoms with Crippen molar-refractivity contribution in [3.8, 4) is 0 Å². The van der Waals surface area contributed by atoms with E-state index in [-0.39, 0.29) is 12.2 Å². The van der Waals surface area contributed by atoms with Crippen LogP contribution in [-0.2, 0) is 19.9 Å². The lowest BCUT2D eigenvalue weighted by atomic mass is 9.80. The minimum absolute atomic E-state index is 0.374. The molecule has 0 spiro atoms. The summed E-state index contributed by atoms with van der Waals surface area (Å²) in [5, 5.41) is 27.4. The SMILES string of the molecule is CC1(C)CC(OC(=O)c2cc(I)c(C(=O)OC3CC(C)(C)N([O])C(C)(C)C3)cc2I)CC(C)(C)N1[O]. The van der Waals surface area contributed by atoms with E-state index in [1.807, 2.05) is 101 Å². The van der Waals surface area contributed by atoms with Crippen molar-refractivity contribution in [1.82, 2.24) is 10.1 Å². The molecule has 8 nitrogen and oxygen atoms in total. The van der Waals surface area contributed by atoms with Gasteiger partial charge in [-0.15, -0.1) is 20.5 Å². The van der Waals surface area contributed by atoms with Gasteiger partial charge in [0, 0.05) is 55.0 Å². The summed E-state index contributed by atoms with van der Waals surface area (Å²) in [6, 6.07) is 3.29. The molecule has 2 aliphatic heterocycles. The van der Waals surface area contributed by atoms with Gasteiger partial charge in [0.25, 0.3) is 0 Å². The molecule has 2 radical (unpaired) electrons. The number of halogens is 2. The number of rotatable bonds is 4. The molecular formula is C26H36I2N2O6. The number of hydroxylamine groups is 4. The van der Waals surface area contributed by atoms with Crippen molar-refractivity contribution in [2.45, 2.75) is 115 Å². The van der Waals surface area contributed by atoms with Gasteiger partial charge in [-0.25, -0.2) is 9.59 Å². The topological polar surface area (TPSA) is 98.9 Å². The molecule has 2 heterocycles. The summed E-state index contributed by atoms with van der Waals surface area (Å²) in [5.74, 6) is -0.945. The number of carbonyl (C=O) groups excluding carboxylic acids is 2. The molecule has 2 aliphatic rings. The summed E-state index contributed by atoms with van der Waals surface area (Å²) in [7, 11) is 0. The van der Waals surface area contributed by atoms with Crippen LogP contribution in [0.25, 0.3) is 0 Å². The lowest BCUT2D eigenvalue weighted by Gasteiger charge is -2.49. The third-order valence-corrected chi connectivity index (χ3v) is 8.94. The quantitative estimate of drug-likeness (QED) is 0.282. The van der Waals surface area contributed by atoms with Gasteiger partial charge >= 0.3 is 11.9 Å². The van der Waals surface area contributed by atoms with Gasteiger partial charge in [0.1, 0.15) is 12.2 Å². The molecule has 200 valence electrons. The second-order valence-electron chi connectivity index (χ2n) is 12.5. The highest BCUT2D eigenvalue weighted by molar-refractivity contribution is 14.1. The third kappa shape index (κ3) is 6.19. The highest BCUT2D eigenvalue weighted by atomic mass is 127. The molecule has 0 aliphatic carbocycles. The van der Waals surface area contributed by atoms with E-state index >= 15 is 0 Å². The summed E-state index contributed by atoms with van der Waals surface area (Å²) in [6.07, 6.45) is 1.00. The predicted octanol–water partition coefficient (Wildman–Crippen LogP) is 5.94. The average molecular weight is 726 g/mol. The van der Waals surface area contributed by atoms with Crippen molar-refractivity contribution in [3.05, 3.63) is 30.4 Å². The molecule has 0 atom stereocenters. The standard InChI is InChI=1S/C26H36I2N2O6/c1-23(2)11-15(12-24(3,4)29(23)33)35-21(31)17-9-20(28)18(10-19(17)27)22(32)36-16-13-25(5,6)30(34)26(7,8)14-16/h9-10,15-16H,11-14H2,1-8H3. The normalized spacial score (nSPS) is 24.3. The fourth-order valence-corrected chi connectivity index (χ4v) is 7.17. The Morgan fingerprint density at radius 1 is 0.667 bits per heavy atom. The van der Waals surface area contributed by atoms with Crippen molar-refractivity contribution < 1.29 is 29.5 Å². The highest BCUT2D eigenvalue weighted by Crippen LogP contribution is 2.40. The third-order valence-electron chi connectivity index (χ3n) is 7.15. The van der Waals surface area contributed by atoms with Gasteiger partial charge < -0.3 is 9.47 Å². The lowest BCUT2D eigenvalue weighted by molar-refractivity contribution is -0.298. The highest BCUT2D eigenvalue weighted by Gasteiger charge is 2.48. The minimum Gasteiger partial charge on any atom is -0.459 e. The summed E-state index contributed by atoms with van der Waals surface area (Å²) >= 11 is 4.06. The maximum absolute atomic E-state index is 13.1. The van der Waals surface area contributed by atoms with E-state index < -0.39 is 34.1 Å². The second kappa shape index (κ2) is 10.2. The monoisotopic (exact) mass is 726 g/mol. The van der Waals surface area contributed by atoms with Gasteiger partial charge in [0.05, 0.1) is 11.1 Å². The van der Waals surface area contributed by atoms with Crippen LogP contribution in [0.1, 0.15) is 102 Å². The van der Waals surface area contributed by atoms with Gasteiger partial charge in [-0.05, 0) is 113 Å². The minimum atomic E-state index is -0.646. The first-order valence-electron chi connectivity index (χ1n) is 12.1. The van der Waals surface area contributed by atoms with Crippen LogP contribution in [0.15, 0.2) is 12.1 Å². The molecule has 0 N–H and O–H groups in total. The molecule has 0 bridgehead atoms. The first-order valence-corrected chi connectivity index (χ1v) is 14.3. The van der Waals surface area contributed by atoms with Gasteiger partial charge in [0.15, 0.2) is 0 Å². The number of nitrogens with zero attached hydrogens (tertiary/aromatic N) is 2. The zero-order valence-corrected chi connectivity index (χ0v) is 26.6. The zero-order chi connectivity index (χ0) is 27.4. The van der Waals surface area contributed by atoms with E-state index in [1.165, 1.54) is 0 Å². The maximum Gasteiger partial charge on any atom is 0.339 e. The molecule has 2 fully saturated rings. The molecule has 0 amide bonds. The van der Waals surface area contributed by atoms with Crippen molar-refractivity contribution in [1.29, 1.82) is 0 Å². The average Bonchev–Trinajstić information content (AvgIpc) is 2.70. The molecule has 0 unspecified atom stereocenters. The van der Waals surface area contributed by atoms with Crippen molar-refractivity contribution in [2.75, 3.05) is 0 Å². The second-order valence-corrected chi connectivity index (χ2v) is 14.8. The molecule has 36 heavy (non-hydrogen) atoms.